The Balaban J connectivity index is 2.38. The van der Waals surface area contributed by atoms with Crippen LogP contribution in [0.5, 0.6) is 5.75 Å². The van der Waals surface area contributed by atoms with Crippen molar-refractivity contribution in [3.63, 3.8) is 0 Å². The van der Waals surface area contributed by atoms with Gasteiger partial charge in [0.2, 0.25) is 0 Å². The van der Waals surface area contributed by atoms with Crippen molar-refractivity contribution in [2.45, 2.75) is 39.7 Å². The van der Waals surface area contributed by atoms with Crippen molar-refractivity contribution in [1.29, 1.82) is 0 Å². The molecule has 0 amide bonds. The Hall–Kier alpha value is -2.63. The van der Waals surface area contributed by atoms with Crippen LogP contribution in [-0.2, 0) is 19.1 Å². The summed E-state index contributed by atoms with van der Waals surface area (Å²) in [7, 11) is 0. The Morgan fingerprint density at radius 3 is 2.29 bits per heavy atom. The molecule has 0 N–H and O–H groups in total. The molecule has 0 spiro atoms. The van der Waals surface area contributed by atoms with Gasteiger partial charge in [-0.2, -0.15) is 0 Å². The number of esters is 3. The minimum Gasteiger partial charge on any atom is -0.462 e. The zero-order chi connectivity index (χ0) is 18.1. The minimum atomic E-state index is -0.479. The minimum absolute atomic E-state index is 0.112. The highest BCUT2D eigenvalue weighted by Crippen LogP contribution is 2.14. The lowest BCUT2D eigenvalue weighted by Crippen LogP contribution is -2.12. The second-order valence-corrected chi connectivity index (χ2v) is 5.47. The zero-order valence-electron chi connectivity index (χ0n) is 14.2. The number of carbonyl (C=O) groups excluding carboxylic acids is 3. The molecule has 1 aromatic carbocycles. The van der Waals surface area contributed by atoms with Gasteiger partial charge in [-0.1, -0.05) is 6.58 Å². The van der Waals surface area contributed by atoms with Gasteiger partial charge in [0.15, 0.2) is 0 Å². The molecule has 0 aliphatic carbocycles. The topological polar surface area (TPSA) is 78.9 Å². The molecule has 0 saturated carbocycles. The van der Waals surface area contributed by atoms with Crippen LogP contribution >= 0.6 is 0 Å². The predicted octanol–water partition coefficient (Wildman–Crippen LogP) is 3.06. The summed E-state index contributed by atoms with van der Waals surface area (Å²) in [5.74, 6) is -1.02. The van der Waals surface area contributed by atoms with Crippen molar-refractivity contribution < 1.29 is 28.6 Å². The van der Waals surface area contributed by atoms with Gasteiger partial charge in [0.1, 0.15) is 5.75 Å². The van der Waals surface area contributed by atoms with Gasteiger partial charge in [-0.05, 0) is 51.5 Å². The van der Waals surface area contributed by atoms with Crippen LogP contribution in [0.25, 0.3) is 0 Å². The molecule has 0 unspecified atom stereocenters. The lowest BCUT2D eigenvalue weighted by molar-refractivity contribution is -0.141. The molecule has 0 aliphatic rings. The highest BCUT2D eigenvalue weighted by molar-refractivity contribution is 5.89. The average molecular weight is 334 g/mol. The Labute approximate surface area is 141 Å². The van der Waals surface area contributed by atoms with Crippen molar-refractivity contribution in [1.82, 2.24) is 0 Å². The van der Waals surface area contributed by atoms with Gasteiger partial charge in [-0.3, -0.25) is 4.79 Å². The zero-order valence-corrected chi connectivity index (χ0v) is 14.2. The molecule has 0 aromatic heterocycles. The van der Waals surface area contributed by atoms with E-state index in [-0.39, 0.29) is 19.1 Å². The number of hydrogen-bond donors (Lipinski definition) is 0. The first-order valence-electron chi connectivity index (χ1n) is 7.64. The molecule has 24 heavy (non-hydrogen) atoms. The Morgan fingerprint density at radius 2 is 1.75 bits per heavy atom. The summed E-state index contributed by atoms with van der Waals surface area (Å²) >= 11 is 0. The Morgan fingerprint density at radius 1 is 1.12 bits per heavy atom. The van der Waals surface area contributed by atoms with Crippen molar-refractivity contribution in [2.75, 3.05) is 6.61 Å². The van der Waals surface area contributed by atoms with E-state index in [1.54, 1.807) is 20.8 Å². The van der Waals surface area contributed by atoms with E-state index in [0.717, 1.165) is 0 Å². The number of rotatable bonds is 8. The van der Waals surface area contributed by atoms with Crippen LogP contribution in [0.2, 0.25) is 0 Å². The normalized spacial score (nSPS) is 10.2. The summed E-state index contributed by atoms with van der Waals surface area (Å²) in [6.45, 7) is 8.67. The number of carbonyl (C=O) groups is 3. The molecular formula is C18H22O6. The standard InChI is InChI=1S/C18H22O6/c1-12(2)17(20)22-11-5-6-16(19)24-15-9-7-14(8-10-15)18(21)23-13(3)4/h7-10,13H,1,5-6,11H2,2-4H3. The second-order valence-electron chi connectivity index (χ2n) is 5.47. The molecule has 6 heteroatoms. The van der Waals surface area contributed by atoms with Crippen molar-refractivity contribution in [3.8, 4) is 5.75 Å². The second kappa shape index (κ2) is 9.50. The molecular weight excluding hydrogens is 312 g/mol. The van der Waals surface area contributed by atoms with Crippen LogP contribution in [0.1, 0.15) is 44.0 Å². The highest BCUT2D eigenvalue weighted by atomic mass is 16.5. The average Bonchev–Trinajstić information content (AvgIpc) is 2.51. The summed E-state index contributed by atoms with van der Waals surface area (Å²) in [6.07, 6.45) is 0.269. The fourth-order valence-corrected chi connectivity index (χ4v) is 1.63. The van der Waals surface area contributed by atoms with Crippen LogP contribution < -0.4 is 4.74 Å². The first kappa shape index (κ1) is 19.4. The molecule has 130 valence electrons. The highest BCUT2D eigenvalue weighted by Gasteiger charge is 2.11. The predicted molar refractivity (Wildman–Crippen MR) is 87.6 cm³/mol. The third-order valence-corrected chi connectivity index (χ3v) is 2.77. The lowest BCUT2D eigenvalue weighted by Gasteiger charge is -2.08. The quantitative estimate of drug-likeness (QED) is 0.315. The number of hydrogen-bond acceptors (Lipinski definition) is 6. The maximum atomic E-state index is 11.7. The fourth-order valence-electron chi connectivity index (χ4n) is 1.63. The van der Waals surface area contributed by atoms with Crippen LogP contribution in [0.3, 0.4) is 0 Å². The van der Waals surface area contributed by atoms with Crippen LogP contribution in [0, 0.1) is 0 Å². The summed E-state index contributed by atoms with van der Waals surface area (Å²) in [5.41, 5.74) is 0.698. The molecule has 6 nitrogen and oxygen atoms in total. The molecule has 0 atom stereocenters. The first-order valence-corrected chi connectivity index (χ1v) is 7.64. The number of ether oxygens (including phenoxy) is 3. The fraction of sp³-hybridized carbons (Fsp3) is 0.389. The van der Waals surface area contributed by atoms with E-state index in [9.17, 15) is 14.4 Å². The molecule has 0 bridgehead atoms. The van der Waals surface area contributed by atoms with Crippen molar-refractivity contribution in [2.24, 2.45) is 0 Å². The largest absolute Gasteiger partial charge is 0.462 e. The van der Waals surface area contributed by atoms with Gasteiger partial charge in [-0.15, -0.1) is 0 Å². The van der Waals surface area contributed by atoms with Gasteiger partial charge in [-0.25, -0.2) is 9.59 Å². The van der Waals surface area contributed by atoms with E-state index in [1.807, 2.05) is 0 Å². The van der Waals surface area contributed by atoms with E-state index >= 15 is 0 Å². The summed E-state index contributed by atoms with van der Waals surface area (Å²) in [6, 6.07) is 6.11. The van der Waals surface area contributed by atoms with Crippen LogP contribution in [-0.4, -0.2) is 30.6 Å². The molecule has 0 heterocycles. The maximum Gasteiger partial charge on any atom is 0.338 e. The van der Waals surface area contributed by atoms with E-state index < -0.39 is 17.9 Å². The van der Waals surface area contributed by atoms with Gasteiger partial charge < -0.3 is 14.2 Å². The van der Waals surface area contributed by atoms with Gasteiger partial charge in [0.25, 0.3) is 0 Å². The maximum absolute atomic E-state index is 11.7. The van der Waals surface area contributed by atoms with Gasteiger partial charge in [0, 0.05) is 12.0 Å². The Bertz CT molecular complexity index is 600. The SMILES string of the molecule is C=C(C)C(=O)OCCCC(=O)Oc1ccc(C(=O)OC(C)C)cc1. The molecule has 0 aliphatic heterocycles. The summed E-state index contributed by atoms with van der Waals surface area (Å²) in [4.78, 5) is 34.5. The molecule has 0 radical (unpaired) electrons. The van der Waals surface area contributed by atoms with Crippen molar-refractivity contribution >= 4 is 17.9 Å². The third-order valence-electron chi connectivity index (χ3n) is 2.77. The summed E-state index contributed by atoms with van der Waals surface area (Å²) < 4.78 is 15.1. The molecule has 1 rings (SSSR count). The van der Waals surface area contributed by atoms with Crippen molar-refractivity contribution in [3.05, 3.63) is 42.0 Å². The Kier molecular flexibility index (Phi) is 7.68. The first-order chi connectivity index (χ1) is 11.3. The molecule has 0 fully saturated rings. The smallest absolute Gasteiger partial charge is 0.338 e. The third kappa shape index (κ3) is 7.09. The van der Waals surface area contributed by atoms with Gasteiger partial charge >= 0.3 is 17.9 Å². The monoisotopic (exact) mass is 334 g/mol. The molecule has 1 aromatic rings. The van der Waals surface area contributed by atoms with Crippen LogP contribution in [0.4, 0.5) is 0 Å². The van der Waals surface area contributed by atoms with Gasteiger partial charge in [0.05, 0.1) is 18.3 Å². The van der Waals surface area contributed by atoms with E-state index in [4.69, 9.17) is 14.2 Å². The van der Waals surface area contributed by atoms with Crippen LogP contribution in [0.15, 0.2) is 36.4 Å². The van der Waals surface area contributed by atoms with E-state index in [1.165, 1.54) is 24.3 Å². The van der Waals surface area contributed by atoms with E-state index in [2.05, 4.69) is 6.58 Å². The number of benzene rings is 1. The lowest BCUT2D eigenvalue weighted by atomic mass is 10.2. The van der Waals surface area contributed by atoms with E-state index in [0.29, 0.717) is 23.3 Å². The molecule has 0 saturated heterocycles. The summed E-state index contributed by atoms with van der Waals surface area (Å²) in [5, 5.41) is 0.